The van der Waals surface area contributed by atoms with E-state index in [2.05, 4.69) is 50.4 Å². The van der Waals surface area contributed by atoms with Gasteiger partial charge in [0.2, 0.25) is 0 Å². The van der Waals surface area contributed by atoms with Crippen molar-refractivity contribution in [3.8, 4) is 5.75 Å². The van der Waals surface area contributed by atoms with E-state index in [4.69, 9.17) is 4.74 Å². The molecule has 2 aromatic rings. The highest BCUT2D eigenvalue weighted by molar-refractivity contribution is 5.74. The topological polar surface area (TPSA) is 60.9 Å². The van der Waals surface area contributed by atoms with Gasteiger partial charge in [0.05, 0.1) is 6.61 Å². The highest BCUT2D eigenvalue weighted by atomic mass is 16.5. The number of piperazine rings is 1. The number of piperidine rings is 1. The molecule has 1 N–H and O–H groups in total. The van der Waals surface area contributed by atoms with Gasteiger partial charge in [0, 0.05) is 65.0 Å². The molecule has 2 fully saturated rings. The van der Waals surface area contributed by atoms with Crippen LogP contribution < -0.4 is 15.0 Å². The van der Waals surface area contributed by atoms with Crippen molar-refractivity contribution in [3.05, 3.63) is 53.2 Å². The van der Waals surface area contributed by atoms with Crippen LogP contribution in [0.1, 0.15) is 36.0 Å². The third kappa shape index (κ3) is 4.99. The molecule has 0 bridgehead atoms. The molecule has 170 valence electrons. The van der Waals surface area contributed by atoms with E-state index in [1.54, 1.807) is 0 Å². The summed E-state index contributed by atoms with van der Waals surface area (Å²) in [5.74, 6) is 2.08. The number of urea groups is 1. The first-order chi connectivity index (χ1) is 15.7. The molecule has 7 nitrogen and oxygen atoms in total. The Morgan fingerprint density at radius 2 is 1.78 bits per heavy atom. The van der Waals surface area contributed by atoms with Gasteiger partial charge in [-0.15, -0.1) is 0 Å². The summed E-state index contributed by atoms with van der Waals surface area (Å²) in [5.41, 5.74) is 3.69. The number of fused-ring (bicyclic) bond motifs is 1. The van der Waals surface area contributed by atoms with Crippen molar-refractivity contribution in [3.63, 3.8) is 0 Å². The molecule has 2 saturated heterocycles. The van der Waals surface area contributed by atoms with Crippen LogP contribution in [0.5, 0.6) is 5.75 Å². The Labute approximate surface area is 190 Å². The number of nitrogens with zero attached hydrogens (tertiary/aromatic N) is 4. The number of hydrogen-bond acceptors (Lipinski definition) is 5. The molecular weight excluding hydrogens is 402 g/mol. The average Bonchev–Trinajstić information content (AvgIpc) is 3.32. The van der Waals surface area contributed by atoms with Crippen LogP contribution in [0.15, 0.2) is 36.5 Å². The molecule has 0 radical (unpaired) electrons. The number of rotatable bonds is 5. The first-order valence-corrected chi connectivity index (χ1v) is 11.9. The van der Waals surface area contributed by atoms with E-state index >= 15 is 0 Å². The second-order valence-electron chi connectivity index (χ2n) is 9.03. The van der Waals surface area contributed by atoms with E-state index in [1.165, 1.54) is 30.4 Å². The lowest BCUT2D eigenvalue weighted by molar-refractivity contribution is 0.135. The monoisotopic (exact) mass is 435 g/mol. The first kappa shape index (κ1) is 21.1. The lowest BCUT2D eigenvalue weighted by Crippen LogP contribution is -2.51. The van der Waals surface area contributed by atoms with Crippen LogP contribution in [0.3, 0.4) is 0 Å². The molecule has 1 aromatic heterocycles. The highest BCUT2D eigenvalue weighted by Crippen LogP contribution is 2.26. The number of aromatic nitrogens is 1. The van der Waals surface area contributed by atoms with Gasteiger partial charge in [-0.05, 0) is 48.1 Å². The molecule has 0 unspecified atom stereocenters. The second-order valence-corrected chi connectivity index (χ2v) is 9.03. The van der Waals surface area contributed by atoms with Crippen LogP contribution >= 0.6 is 0 Å². The number of anilines is 1. The minimum absolute atomic E-state index is 0.0134. The Hall–Kier alpha value is -2.80. The zero-order valence-electron chi connectivity index (χ0n) is 18.8. The number of benzene rings is 1. The fraction of sp³-hybridized carbons (Fsp3) is 0.520. The number of carbonyl (C=O) groups is 1. The molecule has 0 atom stereocenters. The minimum atomic E-state index is 0.0134. The van der Waals surface area contributed by atoms with Gasteiger partial charge in [0.15, 0.2) is 0 Å². The van der Waals surface area contributed by atoms with Crippen molar-refractivity contribution < 1.29 is 9.53 Å². The Morgan fingerprint density at radius 1 is 0.969 bits per heavy atom. The van der Waals surface area contributed by atoms with Crippen LogP contribution in [-0.2, 0) is 19.5 Å². The summed E-state index contributed by atoms with van der Waals surface area (Å²) in [6.07, 6.45) is 6.71. The number of hydrogen-bond donors (Lipinski definition) is 1. The van der Waals surface area contributed by atoms with Crippen molar-refractivity contribution in [1.82, 2.24) is 20.1 Å². The van der Waals surface area contributed by atoms with Crippen LogP contribution in [0, 0.1) is 0 Å². The Balaban J connectivity index is 1.06. The predicted molar refractivity (Wildman–Crippen MR) is 125 cm³/mol. The van der Waals surface area contributed by atoms with E-state index in [0.29, 0.717) is 6.54 Å². The van der Waals surface area contributed by atoms with Crippen molar-refractivity contribution in [2.24, 2.45) is 0 Å². The maximum absolute atomic E-state index is 12.6. The average molecular weight is 436 g/mol. The minimum Gasteiger partial charge on any atom is -0.493 e. The summed E-state index contributed by atoms with van der Waals surface area (Å²) < 4.78 is 5.60. The summed E-state index contributed by atoms with van der Waals surface area (Å²) in [6, 6.07) is 10.7. The van der Waals surface area contributed by atoms with Crippen LogP contribution in [0.25, 0.3) is 0 Å². The van der Waals surface area contributed by atoms with Crippen LogP contribution in [-0.4, -0.2) is 66.7 Å². The van der Waals surface area contributed by atoms with Gasteiger partial charge >= 0.3 is 6.03 Å². The molecule has 4 heterocycles. The number of ether oxygens (including phenoxy) is 1. The fourth-order valence-corrected chi connectivity index (χ4v) is 4.83. The maximum atomic E-state index is 12.6. The van der Waals surface area contributed by atoms with Gasteiger partial charge in [-0.3, -0.25) is 4.90 Å². The third-order valence-corrected chi connectivity index (χ3v) is 6.75. The highest BCUT2D eigenvalue weighted by Gasteiger charge is 2.22. The summed E-state index contributed by atoms with van der Waals surface area (Å²) in [6.45, 7) is 7.73. The molecule has 0 saturated carbocycles. The number of amides is 2. The van der Waals surface area contributed by atoms with Crippen LogP contribution in [0.2, 0.25) is 0 Å². The molecule has 32 heavy (non-hydrogen) atoms. The normalized spacial score (nSPS) is 18.9. The molecule has 3 aliphatic rings. The molecule has 0 aliphatic carbocycles. The van der Waals surface area contributed by atoms with E-state index in [9.17, 15) is 4.79 Å². The smallest absolute Gasteiger partial charge is 0.317 e. The Morgan fingerprint density at radius 3 is 2.56 bits per heavy atom. The lowest BCUT2D eigenvalue weighted by Gasteiger charge is -2.34. The van der Waals surface area contributed by atoms with Gasteiger partial charge in [-0.1, -0.05) is 18.2 Å². The molecule has 5 rings (SSSR count). The van der Waals surface area contributed by atoms with Gasteiger partial charge < -0.3 is 19.9 Å². The van der Waals surface area contributed by atoms with Crippen molar-refractivity contribution in [1.29, 1.82) is 0 Å². The van der Waals surface area contributed by atoms with Crippen LogP contribution in [0.4, 0.5) is 10.6 Å². The second kappa shape index (κ2) is 9.77. The number of pyridine rings is 1. The largest absolute Gasteiger partial charge is 0.493 e. The van der Waals surface area contributed by atoms with Crippen molar-refractivity contribution >= 4 is 11.8 Å². The Kier molecular flexibility index (Phi) is 6.44. The number of nitrogens with one attached hydrogen (secondary N) is 1. The molecule has 1 aromatic carbocycles. The standard InChI is InChI=1S/C25H33N5O2/c31-25(27-18-21-5-7-24(26-17-21)29-9-2-1-3-10-29)30-13-11-28(12-14-30)19-20-4-6-23-22(16-20)8-15-32-23/h4-7,16-17H,1-3,8-15,18-19H2,(H,27,31). The van der Waals surface area contributed by atoms with E-state index in [0.717, 1.165) is 76.0 Å². The third-order valence-electron chi connectivity index (χ3n) is 6.75. The van der Waals surface area contributed by atoms with Crippen molar-refractivity contribution in [2.45, 2.75) is 38.8 Å². The summed E-state index contributed by atoms with van der Waals surface area (Å²) in [4.78, 5) is 23.9. The molecule has 0 spiro atoms. The Bertz CT molecular complexity index is 918. The van der Waals surface area contributed by atoms with Gasteiger partial charge in [-0.2, -0.15) is 0 Å². The quantitative estimate of drug-likeness (QED) is 0.782. The summed E-state index contributed by atoms with van der Waals surface area (Å²) in [7, 11) is 0. The first-order valence-electron chi connectivity index (χ1n) is 11.9. The zero-order chi connectivity index (χ0) is 21.8. The van der Waals surface area contributed by atoms with E-state index in [1.807, 2.05) is 11.1 Å². The zero-order valence-corrected chi connectivity index (χ0v) is 18.8. The van der Waals surface area contributed by atoms with Crippen molar-refractivity contribution in [2.75, 3.05) is 50.8 Å². The van der Waals surface area contributed by atoms with Gasteiger partial charge in [0.1, 0.15) is 11.6 Å². The van der Waals surface area contributed by atoms with Gasteiger partial charge in [0.25, 0.3) is 0 Å². The SMILES string of the molecule is O=C(NCc1ccc(N2CCCCC2)nc1)N1CCN(Cc2ccc3c(c2)CCO3)CC1. The molecule has 2 amide bonds. The summed E-state index contributed by atoms with van der Waals surface area (Å²) >= 11 is 0. The maximum Gasteiger partial charge on any atom is 0.317 e. The predicted octanol–water partition coefficient (Wildman–Crippen LogP) is 3.03. The van der Waals surface area contributed by atoms with Gasteiger partial charge in [-0.25, -0.2) is 9.78 Å². The summed E-state index contributed by atoms with van der Waals surface area (Å²) in [5, 5.41) is 3.06. The fourth-order valence-electron chi connectivity index (χ4n) is 4.83. The molecular formula is C25H33N5O2. The van der Waals surface area contributed by atoms with E-state index < -0.39 is 0 Å². The molecule has 7 heteroatoms. The van der Waals surface area contributed by atoms with E-state index in [-0.39, 0.29) is 6.03 Å². The molecule has 3 aliphatic heterocycles. The number of carbonyl (C=O) groups excluding carboxylic acids is 1. The lowest BCUT2D eigenvalue weighted by atomic mass is 10.1.